The minimum atomic E-state index is -0.103. The molecule has 0 aliphatic carbocycles. The summed E-state index contributed by atoms with van der Waals surface area (Å²) >= 11 is 1.59. The predicted octanol–water partition coefficient (Wildman–Crippen LogP) is 3.99. The first-order chi connectivity index (χ1) is 12.7. The fraction of sp³-hybridized carbons (Fsp3) is 0.100. The predicted molar refractivity (Wildman–Crippen MR) is 103 cm³/mol. The molecular formula is C20H16N4OS. The lowest BCUT2D eigenvalue weighted by Crippen LogP contribution is -2.22. The third-order valence-electron chi connectivity index (χ3n) is 3.99. The van der Waals surface area contributed by atoms with E-state index in [1.54, 1.807) is 36.0 Å². The SMILES string of the molecule is Cc1nc2ccc(C(=O)NCc3ccc(-c4cccnc4)nc3)cc2s1. The van der Waals surface area contributed by atoms with Gasteiger partial charge in [0, 0.05) is 36.3 Å². The summed E-state index contributed by atoms with van der Waals surface area (Å²) in [6.07, 6.45) is 5.29. The third kappa shape index (κ3) is 3.45. The molecule has 0 saturated carbocycles. The van der Waals surface area contributed by atoms with Gasteiger partial charge < -0.3 is 5.32 Å². The van der Waals surface area contributed by atoms with Gasteiger partial charge in [0.2, 0.25) is 0 Å². The molecule has 0 aliphatic rings. The number of pyridine rings is 2. The fourth-order valence-corrected chi connectivity index (χ4v) is 3.55. The lowest BCUT2D eigenvalue weighted by Gasteiger charge is -2.06. The third-order valence-corrected chi connectivity index (χ3v) is 4.93. The Bertz CT molecular complexity index is 1060. The number of hydrogen-bond donors (Lipinski definition) is 1. The van der Waals surface area contributed by atoms with E-state index >= 15 is 0 Å². The van der Waals surface area contributed by atoms with Crippen LogP contribution in [0.5, 0.6) is 0 Å². The molecule has 0 aliphatic heterocycles. The number of fused-ring (bicyclic) bond motifs is 1. The number of nitrogens with one attached hydrogen (secondary N) is 1. The first kappa shape index (κ1) is 16.4. The second kappa shape index (κ2) is 7.01. The fourth-order valence-electron chi connectivity index (χ4n) is 2.68. The zero-order valence-electron chi connectivity index (χ0n) is 14.1. The van der Waals surface area contributed by atoms with Gasteiger partial charge in [-0.25, -0.2) is 4.98 Å². The maximum atomic E-state index is 12.4. The van der Waals surface area contributed by atoms with Gasteiger partial charge in [-0.2, -0.15) is 0 Å². The smallest absolute Gasteiger partial charge is 0.251 e. The Morgan fingerprint density at radius 2 is 2.08 bits per heavy atom. The Kier molecular flexibility index (Phi) is 4.41. The van der Waals surface area contributed by atoms with Crippen LogP contribution in [-0.2, 0) is 6.54 Å². The molecule has 1 aromatic carbocycles. The van der Waals surface area contributed by atoms with Gasteiger partial charge in [-0.05, 0) is 48.9 Å². The van der Waals surface area contributed by atoms with Crippen LogP contribution in [-0.4, -0.2) is 20.9 Å². The summed E-state index contributed by atoms with van der Waals surface area (Å²) in [5.74, 6) is -0.103. The summed E-state index contributed by atoms with van der Waals surface area (Å²) in [4.78, 5) is 25.4. The number of benzene rings is 1. The number of aromatic nitrogens is 3. The second-order valence-corrected chi connectivity index (χ2v) is 7.13. The molecule has 4 aromatic rings. The zero-order valence-corrected chi connectivity index (χ0v) is 15.0. The summed E-state index contributed by atoms with van der Waals surface area (Å²) < 4.78 is 1.03. The first-order valence-corrected chi connectivity index (χ1v) is 9.01. The number of aryl methyl sites for hydroxylation is 1. The Balaban J connectivity index is 1.43. The van der Waals surface area contributed by atoms with Crippen LogP contribution >= 0.6 is 11.3 Å². The Morgan fingerprint density at radius 1 is 1.15 bits per heavy atom. The second-order valence-electron chi connectivity index (χ2n) is 5.89. The highest BCUT2D eigenvalue weighted by Gasteiger charge is 2.09. The number of rotatable bonds is 4. The van der Waals surface area contributed by atoms with Crippen molar-refractivity contribution in [1.29, 1.82) is 0 Å². The van der Waals surface area contributed by atoms with E-state index in [4.69, 9.17) is 0 Å². The molecule has 26 heavy (non-hydrogen) atoms. The average Bonchev–Trinajstić information content (AvgIpc) is 3.06. The van der Waals surface area contributed by atoms with Crippen LogP contribution in [0.25, 0.3) is 21.5 Å². The van der Waals surface area contributed by atoms with Crippen molar-refractivity contribution in [3.63, 3.8) is 0 Å². The number of amides is 1. The van der Waals surface area contributed by atoms with Gasteiger partial charge in [0.1, 0.15) is 0 Å². The number of hydrogen-bond acceptors (Lipinski definition) is 5. The molecule has 4 rings (SSSR count). The summed E-state index contributed by atoms with van der Waals surface area (Å²) in [6, 6.07) is 13.3. The molecule has 0 radical (unpaired) electrons. The molecule has 3 heterocycles. The number of carbonyl (C=O) groups is 1. The van der Waals surface area contributed by atoms with Crippen LogP contribution in [0, 0.1) is 6.92 Å². The van der Waals surface area contributed by atoms with Crippen molar-refractivity contribution in [3.8, 4) is 11.3 Å². The van der Waals surface area contributed by atoms with Crippen molar-refractivity contribution in [2.24, 2.45) is 0 Å². The first-order valence-electron chi connectivity index (χ1n) is 8.20. The van der Waals surface area contributed by atoms with Crippen LogP contribution in [0.15, 0.2) is 61.1 Å². The van der Waals surface area contributed by atoms with Crippen LogP contribution in [0.2, 0.25) is 0 Å². The minimum Gasteiger partial charge on any atom is -0.348 e. The van der Waals surface area contributed by atoms with Crippen LogP contribution in [0.1, 0.15) is 20.9 Å². The van der Waals surface area contributed by atoms with E-state index in [9.17, 15) is 4.79 Å². The van der Waals surface area contributed by atoms with Crippen molar-refractivity contribution in [2.45, 2.75) is 13.5 Å². The lowest BCUT2D eigenvalue weighted by molar-refractivity contribution is 0.0951. The number of carbonyl (C=O) groups excluding carboxylic acids is 1. The van der Waals surface area contributed by atoms with Crippen molar-refractivity contribution in [3.05, 3.63) is 77.2 Å². The molecule has 0 fully saturated rings. The zero-order chi connectivity index (χ0) is 17.9. The van der Waals surface area contributed by atoms with Gasteiger partial charge in [-0.3, -0.25) is 14.8 Å². The molecule has 5 nitrogen and oxygen atoms in total. The maximum Gasteiger partial charge on any atom is 0.251 e. The highest BCUT2D eigenvalue weighted by atomic mass is 32.1. The van der Waals surface area contributed by atoms with E-state index in [0.29, 0.717) is 12.1 Å². The van der Waals surface area contributed by atoms with Gasteiger partial charge in [0.25, 0.3) is 5.91 Å². The molecule has 0 bridgehead atoms. The van der Waals surface area contributed by atoms with E-state index < -0.39 is 0 Å². The van der Waals surface area contributed by atoms with Gasteiger partial charge >= 0.3 is 0 Å². The Morgan fingerprint density at radius 3 is 2.85 bits per heavy atom. The molecule has 0 unspecified atom stereocenters. The lowest BCUT2D eigenvalue weighted by atomic mass is 10.1. The van der Waals surface area contributed by atoms with Crippen molar-refractivity contribution in [1.82, 2.24) is 20.3 Å². The quantitative estimate of drug-likeness (QED) is 0.597. The molecule has 0 spiro atoms. The van der Waals surface area contributed by atoms with Gasteiger partial charge in [0.15, 0.2) is 0 Å². The number of thiazole rings is 1. The normalized spacial score (nSPS) is 10.8. The standard InChI is InChI=1S/C20H16N4OS/c1-13-24-18-7-5-15(9-19(18)26-13)20(25)23-11-14-4-6-17(22-10-14)16-3-2-8-21-12-16/h2-10,12H,11H2,1H3,(H,23,25). The topological polar surface area (TPSA) is 67.8 Å². The molecule has 6 heteroatoms. The molecule has 3 aromatic heterocycles. The van der Waals surface area contributed by atoms with E-state index in [1.165, 1.54) is 0 Å². The molecular weight excluding hydrogens is 344 g/mol. The van der Waals surface area contributed by atoms with E-state index in [-0.39, 0.29) is 5.91 Å². The van der Waals surface area contributed by atoms with Gasteiger partial charge in [-0.1, -0.05) is 6.07 Å². The molecule has 1 N–H and O–H groups in total. The summed E-state index contributed by atoms with van der Waals surface area (Å²) in [5, 5.41) is 3.94. The molecule has 128 valence electrons. The van der Waals surface area contributed by atoms with Crippen LogP contribution in [0.3, 0.4) is 0 Å². The van der Waals surface area contributed by atoms with E-state index in [2.05, 4.69) is 20.3 Å². The molecule has 1 amide bonds. The molecule has 0 atom stereocenters. The minimum absolute atomic E-state index is 0.103. The van der Waals surface area contributed by atoms with Crippen molar-refractivity contribution in [2.75, 3.05) is 0 Å². The average molecular weight is 360 g/mol. The summed E-state index contributed by atoms with van der Waals surface area (Å²) in [7, 11) is 0. The van der Waals surface area contributed by atoms with E-state index in [0.717, 1.165) is 32.0 Å². The summed E-state index contributed by atoms with van der Waals surface area (Å²) in [6.45, 7) is 2.39. The summed E-state index contributed by atoms with van der Waals surface area (Å²) in [5.41, 5.74) is 4.34. The molecule has 0 saturated heterocycles. The largest absolute Gasteiger partial charge is 0.348 e. The highest BCUT2D eigenvalue weighted by molar-refractivity contribution is 7.18. The van der Waals surface area contributed by atoms with Gasteiger partial charge in [-0.15, -0.1) is 11.3 Å². The highest BCUT2D eigenvalue weighted by Crippen LogP contribution is 2.22. The maximum absolute atomic E-state index is 12.4. The monoisotopic (exact) mass is 360 g/mol. The van der Waals surface area contributed by atoms with Crippen LogP contribution < -0.4 is 5.32 Å². The van der Waals surface area contributed by atoms with Gasteiger partial charge in [0.05, 0.1) is 20.9 Å². The number of nitrogens with zero attached hydrogens (tertiary/aromatic N) is 3. The van der Waals surface area contributed by atoms with Crippen LogP contribution in [0.4, 0.5) is 0 Å². The van der Waals surface area contributed by atoms with Crippen molar-refractivity contribution >= 4 is 27.5 Å². The van der Waals surface area contributed by atoms with E-state index in [1.807, 2.05) is 43.3 Å². The van der Waals surface area contributed by atoms with Crippen molar-refractivity contribution < 1.29 is 4.79 Å². The Labute approximate surface area is 154 Å². The Hall–Kier alpha value is -3.12.